The van der Waals surface area contributed by atoms with Gasteiger partial charge < -0.3 is 27.2 Å². The molecule has 0 aliphatic heterocycles. The quantitative estimate of drug-likeness (QED) is 0.424. The van der Waals surface area contributed by atoms with Crippen molar-refractivity contribution in [1.82, 2.24) is 0 Å². The minimum atomic E-state index is -0.227. The summed E-state index contributed by atoms with van der Waals surface area (Å²) in [5.41, 5.74) is 3.06. The Labute approximate surface area is 125 Å². The van der Waals surface area contributed by atoms with Gasteiger partial charge in [-0.05, 0) is 25.1 Å². The minimum absolute atomic E-state index is 0. The van der Waals surface area contributed by atoms with Gasteiger partial charge in [0.05, 0.1) is 10.4 Å². The number of carbonyl (C=O) groups excluding carboxylic acids is 1. The summed E-state index contributed by atoms with van der Waals surface area (Å²) >= 11 is 1.57. The lowest BCUT2D eigenvalue weighted by atomic mass is 10.1. The fraction of sp³-hybridized carbons (Fsp3) is 0.231. The number of nitrogens with zero attached hydrogens (tertiary/aromatic N) is 1. The molecule has 0 aliphatic rings. The van der Waals surface area contributed by atoms with Crippen LogP contribution in [0.4, 0.5) is 0 Å². The molecule has 6 heteroatoms. The fourth-order valence-corrected chi connectivity index (χ4v) is 2.46. The minimum Gasteiger partial charge on any atom is -1.00 e. The molecule has 2 N–H and O–H groups in total. The van der Waals surface area contributed by atoms with Gasteiger partial charge in [0.2, 0.25) is 17.8 Å². The van der Waals surface area contributed by atoms with Gasteiger partial charge in [0, 0.05) is 6.92 Å². The lowest BCUT2D eigenvalue weighted by Crippen LogP contribution is -3.00. The molecule has 0 radical (unpaired) electrons. The third kappa shape index (κ3) is 3.33. The van der Waals surface area contributed by atoms with Crippen LogP contribution in [0.1, 0.15) is 20.9 Å². The summed E-state index contributed by atoms with van der Waals surface area (Å²) in [5.74, 6) is -0.364. The second-order valence-electron chi connectivity index (χ2n) is 4.12. The largest absolute Gasteiger partial charge is 1.00 e. The number of carbonyl (C=O) groups is 1. The van der Waals surface area contributed by atoms with Gasteiger partial charge in [0.25, 0.3) is 0 Å². The maximum atomic E-state index is 12.1. The van der Waals surface area contributed by atoms with E-state index in [2.05, 4.69) is 0 Å². The van der Waals surface area contributed by atoms with E-state index in [1.807, 2.05) is 23.9 Å². The smallest absolute Gasteiger partial charge is 0.231 e. The van der Waals surface area contributed by atoms with E-state index in [1.165, 1.54) is 18.2 Å². The molecule has 0 atom stereocenters. The van der Waals surface area contributed by atoms with Crippen LogP contribution in [-0.2, 0) is 6.54 Å². The molecule has 1 heterocycles. The van der Waals surface area contributed by atoms with Crippen LogP contribution in [0.2, 0.25) is 0 Å². The SMILES string of the molecule is Cc1sc[n+](CC(=O)c2cc(O)ccc2O)c1C.[Br-]. The predicted octanol–water partition coefficient (Wildman–Crippen LogP) is -1.05. The Bertz CT molecular complexity index is 610. The standard InChI is InChI=1S/C13H13NO3S.BrH/c1-8-9(2)18-7-14(8)6-13(17)11-5-10(15)3-4-12(11)16;/h3-5,7H,6H2,1-2H3,(H-,15,16,17);1H. The third-order valence-corrected chi connectivity index (χ3v) is 3.90. The van der Waals surface area contributed by atoms with Gasteiger partial charge in [-0.3, -0.25) is 4.79 Å². The molecule has 1 aromatic heterocycles. The molecule has 0 spiro atoms. The maximum absolute atomic E-state index is 12.1. The highest BCUT2D eigenvalue weighted by molar-refractivity contribution is 7.09. The average molecular weight is 344 g/mol. The van der Waals surface area contributed by atoms with Crippen molar-refractivity contribution in [2.24, 2.45) is 0 Å². The van der Waals surface area contributed by atoms with Gasteiger partial charge in [0.15, 0.2) is 5.69 Å². The first-order chi connectivity index (χ1) is 8.49. The highest BCUT2D eigenvalue weighted by Gasteiger charge is 2.20. The highest BCUT2D eigenvalue weighted by atomic mass is 79.9. The van der Waals surface area contributed by atoms with E-state index < -0.39 is 0 Å². The van der Waals surface area contributed by atoms with Crippen LogP contribution < -0.4 is 21.5 Å². The molecule has 19 heavy (non-hydrogen) atoms. The average Bonchev–Trinajstić information content (AvgIpc) is 2.64. The van der Waals surface area contributed by atoms with Crippen molar-refractivity contribution in [3.63, 3.8) is 0 Å². The number of halogens is 1. The molecule has 1 aromatic carbocycles. The van der Waals surface area contributed by atoms with Crippen LogP contribution in [0.15, 0.2) is 23.7 Å². The van der Waals surface area contributed by atoms with Crippen LogP contribution in [0, 0.1) is 13.8 Å². The molecule has 0 unspecified atom stereocenters. The van der Waals surface area contributed by atoms with E-state index in [0.29, 0.717) is 0 Å². The molecule has 2 rings (SSSR count). The number of hydrogen-bond acceptors (Lipinski definition) is 4. The van der Waals surface area contributed by atoms with Crippen molar-refractivity contribution in [2.75, 3.05) is 0 Å². The summed E-state index contributed by atoms with van der Waals surface area (Å²) < 4.78 is 1.84. The van der Waals surface area contributed by atoms with Crippen LogP contribution in [0.5, 0.6) is 11.5 Å². The maximum Gasteiger partial charge on any atom is 0.231 e. The zero-order valence-corrected chi connectivity index (χ0v) is 13.0. The van der Waals surface area contributed by atoms with Crippen LogP contribution in [0.25, 0.3) is 0 Å². The van der Waals surface area contributed by atoms with Gasteiger partial charge in [-0.1, -0.05) is 11.3 Å². The fourth-order valence-electron chi connectivity index (χ4n) is 1.65. The topological polar surface area (TPSA) is 61.4 Å². The third-order valence-electron chi connectivity index (χ3n) is 2.89. The summed E-state index contributed by atoms with van der Waals surface area (Å²) in [4.78, 5) is 13.2. The van der Waals surface area contributed by atoms with Crippen molar-refractivity contribution < 1.29 is 36.6 Å². The Morgan fingerprint density at radius 3 is 2.58 bits per heavy atom. The van der Waals surface area contributed by atoms with Crippen molar-refractivity contribution in [3.05, 3.63) is 39.8 Å². The lowest BCUT2D eigenvalue weighted by molar-refractivity contribution is -0.684. The van der Waals surface area contributed by atoms with Crippen molar-refractivity contribution in [2.45, 2.75) is 20.4 Å². The van der Waals surface area contributed by atoms with E-state index in [9.17, 15) is 15.0 Å². The molecule has 0 fully saturated rings. The lowest BCUT2D eigenvalue weighted by Gasteiger charge is -2.02. The summed E-state index contributed by atoms with van der Waals surface area (Å²) in [6, 6.07) is 3.95. The molecule has 102 valence electrons. The number of hydrogen-bond donors (Lipinski definition) is 2. The van der Waals surface area contributed by atoms with Gasteiger partial charge in [-0.15, -0.1) is 0 Å². The first-order valence-corrected chi connectivity index (χ1v) is 6.36. The normalized spacial score (nSPS) is 10.0. The molecular formula is C13H14BrNO3S. The Balaban J connectivity index is 0.00000180. The van der Waals surface area contributed by atoms with Gasteiger partial charge >= 0.3 is 0 Å². The molecule has 0 saturated carbocycles. The Morgan fingerprint density at radius 2 is 2.00 bits per heavy atom. The van der Waals surface area contributed by atoms with Gasteiger partial charge in [-0.2, -0.15) is 4.57 Å². The second kappa shape index (κ2) is 6.16. The Hall–Kier alpha value is -1.40. The summed E-state index contributed by atoms with van der Waals surface area (Å²) in [6.07, 6.45) is 0. The number of Topliss-reactive ketones (excluding diaryl/α,β-unsaturated/α-hetero) is 1. The van der Waals surface area contributed by atoms with E-state index in [0.717, 1.165) is 10.6 Å². The van der Waals surface area contributed by atoms with Crippen LogP contribution in [0.3, 0.4) is 0 Å². The second-order valence-corrected chi connectivity index (χ2v) is 5.18. The number of thiazole rings is 1. The van der Waals surface area contributed by atoms with Crippen LogP contribution >= 0.6 is 11.3 Å². The number of aryl methyl sites for hydroxylation is 1. The zero-order chi connectivity index (χ0) is 13.3. The number of aromatic nitrogens is 1. The van der Waals surface area contributed by atoms with E-state index in [-0.39, 0.29) is 46.4 Å². The molecule has 0 aliphatic carbocycles. The van der Waals surface area contributed by atoms with E-state index in [4.69, 9.17) is 0 Å². The van der Waals surface area contributed by atoms with E-state index in [1.54, 1.807) is 11.3 Å². The molecule has 4 nitrogen and oxygen atoms in total. The van der Waals surface area contributed by atoms with Crippen molar-refractivity contribution in [1.29, 1.82) is 0 Å². The molecule has 0 bridgehead atoms. The monoisotopic (exact) mass is 343 g/mol. The number of rotatable bonds is 3. The van der Waals surface area contributed by atoms with Crippen molar-refractivity contribution >= 4 is 17.1 Å². The van der Waals surface area contributed by atoms with Gasteiger partial charge in [0.1, 0.15) is 11.5 Å². The summed E-state index contributed by atoms with van der Waals surface area (Å²) in [7, 11) is 0. The number of phenolic OH excluding ortho intramolecular Hbond substituents is 2. The van der Waals surface area contributed by atoms with E-state index >= 15 is 0 Å². The predicted molar refractivity (Wildman–Crippen MR) is 68.1 cm³/mol. The molecular weight excluding hydrogens is 330 g/mol. The number of benzene rings is 1. The summed E-state index contributed by atoms with van der Waals surface area (Å²) in [6.45, 7) is 4.10. The van der Waals surface area contributed by atoms with Crippen molar-refractivity contribution in [3.8, 4) is 11.5 Å². The number of phenols is 2. The first-order valence-electron chi connectivity index (χ1n) is 5.48. The summed E-state index contributed by atoms with van der Waals surface area (Å²) in [5, 5.41) is 19.0. The Kier molecular flexibility index (Phi) is 5.08. The Morgan fingerprint density at radius 1 is 1.32 bits per heavy atom. The first kappa shape index (κ1) is 15.7. The highest BCUT2D eigenvalue weighted by Crippen LogP contribution is 2.22. The number of ketones is 1. The molecule has 0 amide bonds. The van der Waals surface area contributed by atoms with Gasteiger partial charge in [-0.25, -0.2) is 0 Å². The molecule has 2 aromatic rings. The number of aromatic hydroxyl groups is 2. The molecule has 0 saturated heterocycles. The zero-order valence-electron chi connectivity index (χ0n) is 10.6. The van der Waals surface area contributed by atoms with Crippen LogP contribution in [-0.4, -0.2) is 16.0 Å².